The van der Waals surface area contributed by atoms with Gasteiger partial charge in [0.05, 0.1) is 12.8 Å². The highest BCUT2D eigenvalue weighted by atomic mass is 32.1. The van der Waals surface area contributed by atoms with Gasteiger partial charge in [-0.3, -0.25) is 5.43 Å². The monoisotopic (exact) mass is 287 g/mol. The average Bonchev–Trinajstić information content (AvgIpc) is 2.47. The lowest BCUT2D eigenvalue weighted by Gasteiger charge is -2.05. The van der Waals surface area contributed by atoms with Gasteiger partial charge in [-0.2, -0.15) is 5.10 Å². The molecule has 5 heteroatoms. The normalized spacial score (nSPS) is 10.8. The molecule has 0 aliphatic rings. The van der Waals surface area contributed by atoms with Crippen LogP contribution in [0.2, 0.25) is 0 Å². The van der Waals surface area contributed by atoms with E-state index in [2.05, 4.69) is 40.1 Å². The van der Waals surface area contributed by atoms with Gasteiger partial charge in [0, 0.05) is 13.7 Å². The average molecular weight is 287 g/mol. The van der Waals surface area contributed by atoms with Gasteiger partial charge >= 0.3 is 0 Å². The Morgan fingerprint density at radius 3 is 2.85 bits per heavy atom. The van der Waals surface area contributed by atoms with E-state index in [9.17, 15) is 0 Å². The van der Waals surface area contributed by atoms with E-state index in [0.717, 1.165) is 5.56 Å². The molecule has 2 aromatic carbocycles. The number of nitrogens with zero attached hydrogens (tertiary/aromatic N) is 1. The van der Waals surface area contributed by atoms with Crippen LogP contribution in [-0.2, 0) is 4.74 Å². The van der Waals surface area contributed by atoms with Crippen LogP contribution in [0.3, 0.4) is 0 Å². The summed E-state index contributed by atoms with van der Waals surface area (Å²) in [4.78, 5) is 0. The van der Waals surface area contributed by atoms with Crippen LogP contribution in [0.25, 0.3) is 10.8 Å². The van der Waals surface area contributed by atoms with Gasteiger partial charge in [0.2, 0.25) is 0 Å². The van der Waals surface area contributed by atoms with Gasteiger partial charge in [-0.1, -0.05) is 36.4 Å². The first-order chi connectivity index (χ1) is 9.79. The Morgan fingerprint density at radius 2 is 2.05 bits per heavy atom. The number of ether oxygens (including phenoxy) is 1. The smallest absolute Gasteiger partial charge is 0.187 e. The fourth-order valence-electron chi connectivity index (χ4n) is 1.76. The Bertz CT molecular complexity index is 613. The van der Waals surface area contributed by atoms with Gasteiger partial charge in [-0.05, 0) is 34.6 Å². The third-order valence-electron chi connectivity index (χ3n) is 2.74. The van der Waals surface area contributed by atoms with Crippen LogP contribution in [0.15, 0.2) is 47.6 Å². The zero-order chi connectivity index (χ0) is 14.2. The largest absolute Gasteiger partial charge is 0.383 e. The summed E-state index contributed by atoms with van der Waals surface area (Å²) in [7, 11) is 1.65. The molecule has 104 valence electrons. The summed E-state index contributed by atoms with van der Waals surface area (Å²) in [6.07, 6.45) is 1.75. The van der Waals surface area contributed by atoms with Crippen LogP contribution in [0.4, 0.5) is 0 Å². The minimum Gasteiger partial charge on any atom is -0.383 e. The van der Waals surface area contributed by atoms with Crippen LogP contribution >= 0.6 is 12.2 Å². The van der Waals surface area contributed by atoms with Crippen molar-refractivity contribution in [2.45, 2.75) is 0 Å². The van der Waals surface area contributed by atoms with Crippen LogP contribution in [0.5, 0.6) is 0 Å². The van der Waals surface area contributed by atoms with Crippen molar-refractivity contribution in [3.8, 4) is 0 Å². The van der Waals surface area contributed by atoms with Gasteiger partial charge in [0.15, 0.2) is 5.11 Å². The summed E-state index contributed by atoms with van der Waals surface area (Å²) >= 11 is 5.07. The Hall–Kier alpha value is -1.98. The van der Waals surface area contributed by atoms with E-state index in [0.29, 0.717) is 18.3 Å². The molecule has 0 unspecified atom stereocenters. The fourth-order valence-corrected chi connectivity index (χ4v) is 1.91. The van der Waals surface area contributed by atoms with E-state index in [4.69, 9.17) is 17.0 Å². The topological polar surface area (TPSA) is 45.6 Å². The molecule has 20 heavy (non-hydrogen) atoms. The molecular weight excluding hydrogens is 270 g/mol. The molecule has 0 radical (unpaired) electrons. The molecule has 0 heterocycles. The van der Waals surface area contributed by atoms with Gasteiger partial charge < -0.3 is 10.1 Å². The number of nitrogens with one attached hydrogen (secondary N) is 2. The van der Waals surface area contributed by atoms with E-state index >= 15 is 0 Å². The molecule has 2 aromatic rings. The van der Waals surface area contributed by atoms with Gasteiger partial charge in [0.1, 0.15) is 0 Å². The number of rotatable bonds is 5. The molecule has 0 bridgehead atoms. The van der Waals surface area contributed by atoms with E-state index in [-0.39, 0.29) is 0 Å². The van der Waals surface area contributed by atoms with Crippen LogP contribution in [-0.4, -0.2) is 31.6 Å². The molecule has 0 saturated carbocycles. The second-order valence-electron chi connectivity index (χ2n) is 4.23. The van der Waals surface area contributed by atoms with E-state index in [1.54, 1.807) is 13.3 Å². The van der Waals surface area contributed by atoms with Crippen molar-refractivity contribution in [3.05, 3.63) is 48.0 Å². The molecular formula is C15H17N3OS. The quantitative estimate of drug-likeness (QED) is 0.383. The third kappa shape index (κ3) is 4.29. The van der Waals surface area contributed by atoms with Crippen molar-refractivity contribution >= 4 is 34.3 Å². The first-order valence-corrected chi connectivity index (χ1v) is 6.75. The zero-order valence-corrected chi connectivity index (χ0v) is 12.1. The zero-order valence-electron chi connectivity index (χ0n) is 11.3. The van der Waals surface area contributed by atoms with E-state index in [1.807, 2.05) is 18.2 Å². The predicted octanol–water partition coefficient (Wildman–Crippen LogP) is 2.28. The number of hydrazone groups is 1. The molecule has 0 spiro atoms. The molecule has 0 aromatic heterocycles. The summed E-state index contributed by atoms with van der Waals surface area (Å²) in [6, 6.07) is 14.4. The highest BCUT2D eigenvalue weighted by Gasteiger charge is 1.94. The van der Waals surface area contributed by atoms with Gasteiger partial charge in [0.25, 0.3) is 0 Å². The maximum Gasteiger partial charge on any atom is 0.187 e. The molecule has 2 N–H and O–H groups in total. The molecule has 0 aliphatic carbocycles. The maximum atomic E-state index is 5.07. The number of benzene rings is 2. The second kappa shape index (κ2) is 7.57. The maximum absolute atomic E-state index is 5.07. The van der Waals surface area contributed by atoms with Crippen molar-refractivity contribution < 1.29 is 4.74 Å². The number of hydrogen-bond donors (Lipinski definition) is 2. The van der Waals surface area contributed by atoms with Crippen molar-refractivity contribution in [2.75, 3.05) is 20.3 Å². The Labute approximate surface area is 123 Å². The van der Waals surface area contributed by atoms with E-state index < -0.39 is 0 Å². The number of fused-ring (bicyclic) bond motifs is 1. The molecule has 0 amide bonds. The Balaban J connectivity index is 1.91. The van der Waals surface area contributed by atoms with Crippen LogP contribution in [0.1, 0.15) is 5.56 Å². The lowest BCUT2D eigenvalue weighted by Crippen LogP contribution is -2.34. The molecule has 0 saturated heterocycles. The van der Waals surface area contributed by atoms with Crippen molar-refractivity contribution in [1.82, 2.24) is 10.7 Å². The highest BCUT2D eigenvalue weighted by molar-refractivity contribution is 7.80. The van der Waals surface area contributed by atoms with Gasteiger partial charge in [-0.25, -0.2) is 0 Å². The summed E-state index contributed by atoms with van der Waals surface area (Å²) in [5, 5.41) is 9.98. The molecule has 0 fully saturated rings. The minimum absolute atomic E-state index is 0.485. The number of hydrogen-bond acceptors (Lipinski definition) is 3. The van der Waals surface area contributed by atoms with Crippen LogP contribution in [0, 0.1) is 0 Å². The molecule has 0 atom stereocenters. The van der Waals surface area contributed by atoms with Crippen LogP contribution < -0.4 is 10.7 Å². The number of thiocarbonyl (C=S) groups is 1. The first kappa shape index (κ1) is 14.4. The fraction of sp³-hybridized carbons (Fsp3) is 0.200. The third-order valence-corrected chi connectivity index (χ3v) is 2.98. The molecule has 0 aliphatic heterocycles. The Kier molecular flexibility index (Phi) is 5.46. The van der Waals surface area contributed by atoms with E-state index in [1.165, 1.54) is 10.8 Å². The lowest BCUT2D eigenvalue weighted by atomic mass is 10.1. The second-order valence-corrected chi connectivity index (χ2v) is 4.63. The van der Waals surface area contributed by atoms with Gasteiger partial charge in [-0.15, -0.1) is 0 Å². The molecule has 2 rings (SSSR count). The standard InChI is InChI=1S/C15H17N3OS/c1-19-9-8-16-15(20)18-17-11-12-6-7-13-4-2-3-5-14(13)10-12/h2-7,10-11H,8-9H2,1H3,(H2,16,18,20)/b17-11-. The van der Waals surface area contributed by atoms with Crippen molar-refractivity contribution in [3.63, 3.8) is 0 Å². The summed E-state index contributed by atoms with van der Waals surface area (Å²) in [5.41, 5.74) is 3.80. The van der Waals surface area contributed by atoms with Crippen molar-refractivity contribution in [1.29, 1.82) is 0 Å². The number of methoxy groups -OCH3 is 1. The SMILES string of the molecule is COCCNC(=S)N/N=C\c1ccc2ccccc2c1. The summed E-state index contributed by atoms with van der Waals surface area (Å²) in [6.45, 7) is 1.27. The first-order valence-electron chi connectivity index (χ1n) is 6.34. The summed E-state index contributed by atoms with van der Waals surface area (Å²) < 4.78 is 4.92. The molecule has 4 nitrogen and oxygen atoms in total. The summed E-state index contributed by atoms with van der Waals surface area (Å²) in [5.74, 6) is 0. The minimum atomic E-state index is 0.485. The highest BCUT2D eigenvalue weighted by Crippen LogP contribution is 2.14. The Morgan fingerprint density at radius 1 is 1.25 bits per heavy atom. The predicted molar refractivity (Wildman–Crippen MR) is 87.2 cm³/mol. The lowest BCUT2D eigenvalue weighted by molar-refractivity contribution is 0.204. The van der Waals surface area contributed by atoms with Crippen molar-refractivity contribution in [2.24, 2.45) is 5.10 Å².